The van der Waals surface area contributed by atoms with Gasteiger partial charge in [-0.05, 0) is 18.6 Å². The van der Waals surface area contributed by atoms with Gasteiger partial charge >= 0.3 is 0 Å². The van der Waals surface area contributed by atoms with Gasteiger partial charge in [-0.3, -0.25) is 0 Å². The molecule has 0 heterocycles. The summed E-state index contributed by atoms with van der Waals surface area (Å²) in [6.45, 7) is 0.00374. The number of ether oxygens (including phenoxy) is 2. The zero-order chi connectivity index (χ0) is 15.2. The first-order valence-corrected chi connectivity index (χ1v) is 7.76. The van der Waals surface area contributed by atoms with Crippen LogP contribution in [0.15, 0.2) is 23.1 Å². The van der Waals surface area contributed by atoms with Gasteiger partial charge < -0.3 is 14.6 Å². The summed E-state index contributed by atoms with van der Waals surface area (Å²) in [7, 11) is -0.928. The van der Waals surface area contributed by atoms with Crippen LogP contribution >= 0.6 is 11.6 Å². The van der Waals surface area contributed by atoms with Crippen LogP contribution in [0.4, 0.5) is 0 Å². The van der Waals surface area contributed by atoms with Crippen LogP contribution < -0.4 is 9.46 Å². The number of benzene rings is 1. The highest BCUT2D eigenvalue weighted by molar-refractivity contribution is 7.89. The summed E-state index contributed by atoms with van der Waals surface area (Å²) in [6, 6.07) is 3.83. The third-order valence-electron chi connectivity index (χ3n) is 2.60. The van der Waals surface area contributed by atoms with Crippen LogP contribution in [0.5, 0.6) is 5.75 Å². The van der Waals surface area contributed by atoms with E-state index < -0.39 is 16.1 Å². The first-order valence-electron chi connectivity index (χ1n) is 5.90. The van der Waals surface area contributed by atoms with Crippen LogP contribution in [0.1, 0.15) is 6.42 Å². The number of nitrogens with one attached hydrogen (secondary N) is 1. The van der Waals surface area contributed by atoms with Crippen molar-refractivity contribution in [3.8, 4) is 5.75 Å². The molecule has 1 atom stereocenters. The van der Waals surface area contributed by atoms with Crippen molar-refractivity contribution in [1.82, 2.24) is 4.72 Å². The second-order valence-electron chi connectivity index (χ2n) is 4.08. The first kappa shape index (κ1) is 17.2. The number of aliphatic hydroxyl groups is 1. The van der Waals surface area contributed by atoms with Gasteiger partial charge in [0, 0.05) is 25.8 Å². The summed E-state index contributed by atoms with van der Waals surface area (Å²) in [5.41, 5.74) is 0. The van der Waals surface area contributed by atoms with Crippen LogP contribution in [0, 0.1) is 0 Å². The Kier molecular flexibility index (Phi) is 6.70. The predicted molar refractivity (Wildman–Crippen MR) is 75.7 cm³/mol. The second-order valence-corrected chi connectivity index (χ2v) is 6.17. The maximum atomic E-state index is 12.3. The van der Waals surface area contributed by atoms with E-state index in [1.165, 1.54) is 26.4 Å². The molecule has 0 aromatic heterocycles. The Morgan fingerprint density at radius 3 is 2.65 bits per heavy atom. The summed E-state index contributed by atoms with van der Waals surface area (Å²) in [4.78, 5) is -0.0717. The number of aliphatic hydroxyl groups excluding tert-OH is 1. The van der Waals surface area contributed by atoms with Crippen molar-refractivity contribution < 1.29 is 23.0 Å². The molecular weight excluding hydrogens is 306 g/mol. The molecule has 0 aliphatic heterocycles. The van der Waals surface area contributed by atoms with Crippen molar-refractivity contribution in [2.75, 3.05) is 27.4 Å². The molecule has 2 N–H and O–H groups in total. The molecule has 0 fully saturated rings. The lowest BCUT2D eigenvalue weighted by Gasteiger charge is -2.17. The molecule has 0 spiro atoms. The van der Waals surface area contributed by atoms with Gasteiger partial charge in [0.1, 0.15) is 10.6 Å². The maximum absolute atomic E-state index is 12.3. The molecule has 1 aromatic carbocycles. The fourth-order valence-corrected chi connectivity index (χ4v) is 3.40. The highest BCUT2D eigenvalue weighted by Gasteiger charge is 2.23. The minimum absolute atomic E-state index is 0.0717. The van der Waals surface area contributed by atoms with E-state index in [9.17, 15) is 8.42 Å². The second kappa shape index (κ2) is 7.80. The van der Waals surface area contributed by atoms with Gasteiger partial charge in [0.25, 0.3) is 0 Å². The third-order valence-corrected chi connectivity index (χ3v) is 4.60. The predicted octanol–water partition coefficient (Wildman–Crippen LogP) is 1.02. The summed E-state index contributed by atoms with van der Waals surface area (Å²) in [5.74, 6) is 0.389. The first-order chi connectivity index (χ1) is 9.44. The fourth-order valence-electron chi connectivity index (χ4n) is 1.63. The molecule has 114 valence electrons. The molecule has 1 aromatic rings. The molecule has 1 rings (SSSR count). The zero-order valence-corrected chi connectivity index (χ0v) is 12.9. The molecular formula is C12H18ClNO5S. The molecule has 0 amide bonds. The fraction of sp³-hybridized carbons (Fsp3) is 0.500. The SMILES string of the molecule is COC[C@@H](CCO)NS(=O)(=O)c1cc(OC)ccc1Cl. The van der Waals surface area contributed by atoms with E-state index in [1.807, 2.05) is 0 Å². The van der Waals surface area contributed by atoms with E-state index in [0.29, 0.717) is 5.75 Å². The van der Waals surface area contributed by atoms with Crippen molar-refractivity contribution >= 4 is 21.6 Å². The average Bonchev–Trinajstić information content (AvgIpc) is 2.39. The Morgan fingerprint density at radius 2 is 2.10 bits per heavy atom. The minimum Gasteiger partial charge on any atom is -0.497 e. The largest absolute Gasteiger partial charge is 0.497 e. The number of halogens is 1. The van der Waals surface area contributed by atoms with E-state index in [1.54, 1.807) is 6.07 Å². The number of rotatable bonds is 8. The van der Waals surface area contributed by atoms with Crippen LogP contribution in [-0.2, 0) is 14.8 Å². The summed E-state index contributed by atoms with van der Waals surface area (Å²) in [6.07, 6.45) is 0.245. The van der Waals surface area contributed by atoms with Gasteiger partial charge in [0.15, 0.2) is 0 Å². The molecule has 0 aliphatic rings. The maximum Gasteiger partial charge on any atom is 0.242 e. The van der Waals surface area contributed by atoms with Crippen molar-refractivity contribution in [3.05, 3.63) is 23.2 Å². The molecule has 0 bridgehead atoms. The van der Waals surface area contributed by atoms with Gasteiger partial charge in [0.05, 0.1) is 18.7 Å². The van der Waals surface area contributed by atoms with Gasteiger partial charge in [-0.15, -0.1) is 0 Å². The van der Waals surface area contributed by atoms with Crippen LogP contribution in [0.3, 0.4) is 0 Å². The van der Waals surface area contributed by atoms with Crippen LogP contribution in [-0.4, -0.2) is 47.0 Å². The Morgan fingerprint density at radius 1 is 1.40 bits per heavy atom. The monoisotopic (exact) mass is 323 g/mol. The van der Waals surface area contributed by atoms with E-state index in [0.717, 1.165) is 0 Å². The van der Waals surface area contributed by atoms with Crippen molar-refractivity contribution in [2.45, 2.75) is 17.4 Å². The lowest BCUT2D eigenvalue weighted by atomic mass is 10.2. The summed E-state index contributed by atoms with van der Waals surface area (Å²) < 4.78 is 36.9. The number of hydrogen-bond acceptors (Lipinski definition) is 5. The minimum atomic E-state index is -3.82. The lowest BCUT2D eigenvalue weighted by Crippen LogP contribution is -2.38. The van der Waals surface area contributed by atoms with Gasteiger partial charge in [-0.1, -0.05) is 11.6 Å². The molecule has 8 heteroatoms. The van der Waals surface area contributed by atoms with Crippen LogP contribution in [0.2, 0.25) is 5.02 Å². The van der Waals surface area contributed by atoms with E-state index in [4.69, 9.17) is 26.2 Å². The molecule has 0 saturated carbocycles. The Labute approximate surface area is 123 Å². The molecule has 6 nitrogen and oxygen atoms in total. The number of methoxy groups -OCH3 is 2. The van der Waals surface area contributed by atoms with Crippen molar-refractivity contribution in [2.24, 2.45) is 0 Å². The highest BCUT2D eigenvalue weighted by Crippen LogP contribution is 2.26. The standard InChI is InChI=1S/C12H18ClNO5S/c1-18-8-9(5-6-15)14-20(16,17)12-7-10(19-2)3-4-11(12)13/h3-4,7,9,14-15H,5-6,8H2,1-2H3/t9-/m1/s1. The van der Waals surface area contributed by atoms with Crippen molar-refractivity contribution in [3.63, 3.8) is 0 Å². The summed E-state index contributed by atoms with van der Waals surface area (Å²) >= 11 is 5.92. The molecule has 0 unspecified atom stereocenters. The smallest absolute Gasteiger partial charge is 0.242 e. The quantitative estimate of drug-likeness (QED) is 0.746. The third kappa shape index (κ3) is 4.60. The van der Waals surface area contributed by atoms with Gasteiger partial charge in [-0.2, -0.15) is 0 Å². The Balaban J connectivity index is 3.03. The molecule has 0 radical (unpaired) electrons. The number of hydrogen-bond donors (Lipinski definition) is 2. The zero-order valence-electron chi connectivity index (χ0n) is 11.3. The summed E-state index contributed by atoms with van der Waals surface area (Å²) in [5, 5.41) is 9.03. The molecule has 0 aliphatic carbocycles. The Bertz CT molecular complexity index is 529. The van der Waals surface area contributed by atoms with Gasteiger partial charge in [-0.25, -0.2) is 13.1 Å². The van der Waals surface area contributed by atoms with Crippen LogP contribution in [0.25, 0.3) is 0 Å². The van der Waals surface area contributed by atoms with E-state index in [-0.39, 0.29) is 29.6 Å². The highest BCUT2D eigenvalue weighted by atomic mass is 35.5. The van der Waals surface area contributed by atoms with E-state index in [2.05, 4.69) is 4.72 Å². The lowest BCUT2D eigenvalue weighted by molar-refractivity contribution is 0.158. The molecule has 20 heavy (non-hydrogen) atoms. The Hall–Kier alpha value is -0.860. The number of sulfonamides is 1. The molecule has 0 saturated heterocycles. The topological polar surface area (TPSA) is 84.9 Å². The normalized spacial score (nSPS) is 13.2. The average molecular weight is 324 g/mol. The van der Waals surface area contributed by atoms with E-state index >= 15 is 0 Å². The van der Waals surface area contributed by atoms with Gasteiger partial charge in [0.2, 0.25) is 10.0 Å². The van der Waals surface area contributed by atoms with Crippen molar-refractivity contribution in [1.29, 1.82) is 0 Å².